The van der Waals surface area contributed by atoms with Gasteiger partial charge in [0, 0.05) is 12.2 Å². The zero-order valence-corrected chi connectivity index (χ0v) is 11.6. The first-order valence-corrected chi connectivity index (χ1v) is 6.60. The van der Waals surface area contributed by atoms with Gasteiger partial charge in [-0.2, -0.15) is 5.10 Å². The monoisotopic (exact) mass is 274 g/mol. The Morgan fingerprint density at radius 1 is 1.35 bits per heavy atom. The number of hydrogen-bond acceptors (Lipinski definition) is 3. The van der Waals surface area contributed by atoms with Gasteiger partial charge in [-0.05, 0) is 43.7 Å². The zero-order chi connectivity index (χ0) is 14.5. The molecule has 1 atom stereocenters. The lowest BCUT2D eigenvalue weighted by Gasteiger charge is -2.08. The third-order valence-corrected chi connectivity index (χ3v) is 3.19. The molecule has 0 amide bonds. The average molecular weight is 274 g/mol. The molecule has 0 saturated carbocycles. The van der Waals surface area contributed by atoms with Crippen LogP contribution in [0.15, 0.2) is 36.5 Å². The Kier molecular flexibility index (Phi) is 4.40. The lowest BCUT2D eigenvalue weighted by molar-refractivity contribution is 0.0697. The summed E-state index contributed by atoms with van der Waals surface area (Å²) < 4.78 is 7.51. The van der Waals surface area contributed by atoms with E-state index < -0.39 is 5.97 Å². The highest BCUT2D eigenvalue weighted by Crippen LogP contribution is 2.15. The molecule has 2 aromatic rings. The van der Waals surface area contributed by atoms with E-state index in [2.05, 4.69) is 18.9 Å². The third kappa shape index (κ3) is 3.38. The van der Waals surface area contributed by atoms with Crippen LogP contribution in [-0.2, 0) is 6.61 Å². The van der Waals surface area contributed by atoms with Gasteiger partial charge in [-0.25, -0.2) is 4.79 Å². The molecular weight excluding hydrogens is 256 g/mol. The van der Waals surface area contributed by atoms with Gasteiger partial charge in [0.2, 0.25) is 0 Å². The molecule has 1 aromatic heterocycles. The molecule has 5 heteroatoms. The third-order valence-electron chi connectivity index (χ3n) is 3.19. The summed E-state index contributed by atoms with van der Waals surface area (Å²) in [4.78, 5) is 10.7. The summed E-state index contributed by atoms with van der Waals surface area (Å²) in [6, 6.07) is 8.64. The summed E-state index contributed by atoms with van der Waals surface area (Å²) in [7, 11) is 0. The number of ether oxygens (including phenoxy) is 1. The second-order valence-electron chi connectivity index (χ2n) is 4.66. The van der Waals surface area contributed by atoms with E-state index in [0.29, 0.717) is 18.4 Å². The maximum atomic E-state index is 10.7. The van der Waals surface area contributed by atoms with E-state index in [1.807, 2.05) is 16.9 Å². The van der Waals surface area contributed by atoms with Crippen molar-refractivity contribution in [2.45, 2.75) is 32.9 Å². The van der Waals surface area contributed by atoms with Gasteiger partial charge >= 0.3 is 5.97 Å². The second-order valence-corrected chi connectivity index (χ2v) is 4.66. The van der Waals surface area contributed by atoms with E-state index >= 15 is 0 Å². The zero-order valence-electron chi connectivity index (χ0n) is 11.6. The number of benzene rings is 1. The van der Waals surface area contributed by atoms with Crippen molar-refractivity contribution in [2.75, 3.05) is 0 Å². The molecule has 0 spiro atoms. The Morgan fingerprint density at radius 2 is 2.05 bits per heavy atom. The van der Waals surface area contributed by atoms with Gasteiger partial charge in [0.1, 0.15) is 12.4 Å². The number of rotatable bonds is 6. The Bertz CT molecular complexity index is 575. The number of nitrogens with zero attached hydrogens (tertiary/aromatic N) is 2. The fourth-order valence-corrected chi connectivity index (χ4v) is 1.74. The van der Waals surface area contributed by atoms with E-state index in [0.717, 1.165) is 12.1 Å². The SMILES string of the molecule is CCC(C)n1ccc(COc2ccc(C(=O)O)cc2)n1. The lowest BCUT2D eigenvalue weighted by Crippen LogP contribution is -2.05. The van der Waals surface area contributed by atoms with E-state index in [-0.39, 0.29) is 5.56 Å². The lowest BCUT2D eigenvalue weighted by atomic mass is 10.2. The summed E-state index contributed by atoms with van der Waals surface area (Å²) in [6.45, 7) is 4.60. The molecule has 1 aromatic carbocycles. The number of carboxylic acids is 1. The predicted octanol–water partition coefficient (Wildman–Crippen LogP) is 3.13. The van der Waals surface area contributed by atoms with Crippen LogP contribution in [0.5, 0.6) is 5.75 Å². The van der Waals surface area contributed by atoms with Crippen molar-refractivity contribution >= 4 is 5.97 Å². The van der Waals surface area contributed by atoms with E-state index in [4.69, 9.17) is 9.84 Å². The number of carboxylic acid groups (broad SMARTS) is 1. The highest BCUT2D eigenvalue weighted by molar-refractivity contribution is 5.87. The predicted molar refractivity (Wildman–Crippen MR) is 75.0 cm³/mol. The van der Waals surface area contributed by atoms with E-state index in [1.165, 1.54) is 12.1 Å². The van der Waals surface area contributed by atoms with Gasteiger partial charge in [-0.15, -0.1) is 0 Å². The molecule has 0 fully saturated rings. The Hall–Kier alpha value is -2.30. The minimum atomic E-state index is -0.941. The number of aromatic nitrogens is 2. The highest BCUT2D eigenvalue weighted by Gasteiger charge is 2.06. The molecule has 0 bridgehead atoms. The summed E-state index contributed by atoms with van der Waals surface area (Å²) in [5.41, 5.74) is 1.10. The first-order valence-electron chi connectivity index (χ1n) is 6.60. The van der Waals surface area contributed by atoms with Crippen molar-refractivity contribution in [3.63, 3.8) is 0 Å². The van der Waals surface area contributed by atoms with Crippen LogP contribution in [0.3, 0.4) is 0 Å². The van der Waals surface area contributed by atoms with Gasteiger partial charge < -0.3 is 9.84 Å². The number of aromatic carboxylic acids is 1. The van der Waals surface area contributed by atoms with Crippen LogP contribution in [0.2, 0.25) is 0 Å². The van der Waals surface area contributed by atoms with Crippen molar-refractivity contribution in [3.05, 3.63) is 47.8 Å². The van der Waals surface area contributed by atoms with Gasteiger partial charge in [0.15, 0.2) is 0 Å². The number of hydrogen-bond donors (Lipinski definition) is 1. The molecule has 1 unspecified atom stereocenters. The molecule has 0 radical (unpaired) electrons. The van der Waals surface area contributed by atoms with Crippen molar-refractivity contribution in [1.82, 2.24) is 9.78 Å². The van der Waals surface area contributed by atoms with Gasteiger partial charge in [-0.3, -0.25) is 4.68 Å². The van der Waals surface area contributed by atoms with E-state index in [9.17, 15) is 4.79 Å². The normalized spacial score (nSPS) is 12.1. The van der Waals surface area contributed by atoms with Gasteiger partial charge in [-0.1, -0.05) is 6.92 Å². The first kappa shape index (κ1) is 14.1. The molecule has 106 valence electrons. The molecule has 0 aliphatic carbocycles. The van der Waals surface area contributed by atoms with Crippen LogP contribution in [0.1, 0.15) is 42.4 Å². The van der Waals surface area contributed by atoms with Crippen LogP contribution >= 0.6 is 0 Å². The second kappa shape index (κ2) is 6.23. The average Bonchev–Trinajstić information content (AvgIpc) is 2.93. The molecule has 2 rings (SSSR count). The first-order chi connectivity index (χ1) is 9.60. The van der Waals surface area contributed by atoms with Crippen molar-refractivity contribution < 1.29 is 14.6 Å². The summed E-state index contributed by atoms with van der Waals surface area (Å²) >= 11 is 0. The molecule has 0 aliphatic heterocycles. The smallest absolute Gasteiger partial charge is 0.335 e. The number of carbonyl (C=O) groups is 1. The fraction of sp³-hybridized carbons (Fsp3) is 0.333. The molecule has 5 nitrogen and oxygen atoms in total. The standard InChI is InChI=1S/C15H18N2O3/c1-3-11(2)17-9-8-13(16-17)10-20-14-6-4-12(5-7-14)15(18)19/h4-9,11H,3,10H2,1-2H3,(H,18,19). The molecule has 20 heavy (non-hydrogen) atoms. The van der Waals surface area contributed by atoms with Crippen LogP contribution in [0.25, 0.3) is 0 Å². The Morgan fingerprint density at radius 3 is 2.65 bits per heavy atom. The summed E-state index contributed by atoms with van der Waals surface area (Å²) in [5, 5.41) is 13.2. The van der Waals surface area contributed by atoms with Crippen LogP contribution < -0.4 is 4.74 Å². The highest BCUT2D eigenvalue weighted by atomic mass is 16.5. The van der Waals surface area contributed by atoms with Crippen molar-refractivity contribution in [3.8, 4) is 5.75 Å². The summed E-state index contributed by atoms with van der Waals surface area (Å²) in [6.07, 6.45) is 2.97. The van der Waals surface area contributed by atoms with Crippen molar-refractivity contribution in [2.24, 2.45) is 0 Å². The minimum Gasteiger partial charge on any atom is -0.487 e. The Balaban J connectivity index is 1.94. The van der Waals surface area contributed by atoms with E-state index in [1.54, 1.807) is 12.1 Å². The maximum Gasteiger partial charge on any atom is 0.335 e. The molecule has 0 saturated heterocycles. The fourth-order valence-electron chi connectivity index (χ4n) is 1.74. The van der Waals surface area contributed by atoms with Crippen molar-refractivity contribution in [1.29, 1.82) is 0 Å². The largest absolute Gasteiger partial charge is 0.487 e. The molecule has 1 heterocycles. The van der Waals surface area contributed by atoms with Gasteiger partial charge in [0.25, 0.3) is 0 Å². The molecule has 0 aliphatic rings. The summed E-state index contributed by atoms with van der Waals surface area (Å²) in [5.74, 6) is -0.308. The molecular formula is C15H18N2O3. The van der Waals surface area contributed by atoms with Gasteiger partial charge in [0.05, 0.1) is 11.3 Å². The van der Waals surface area contributed by atoms with Crippen LogP contribution in [-0.4, -0.2) is 20.9 Å². The Labute approximate surface area is 117 Å². The van der Waals surface area contributed by atoms with Crippen LogP contribution in [0, 0.1) is 0 Å². The quantitative estimate of drug-likeness (QED) is 0.879. The minimum absolute atomic E-state index is 0.249. The maximum absolute atomic E-state index is 10.7. The molecule has 1 N–H and O–H groups in total. The van der Waals surface area contributed by atoms with Crippen LogP contribution in [0.4, 0.5) is 0 Å². The topological polar surface area (TPSA) is 64.3 Å².